The maximum atomic E-state index is 5.94. The monoisotopic (exact) mass is 254 g/mol. The molecule has 1 unspecified atom stereocenters. The number of hydrogen-bond acceptors (Lipinski definition) is 4. The van der Waals surface area contributed by atoms with E-state index >= 15 is 0 Å². The van der Waals surface area contributed by atoms with Crippen LogP contribution in [0.2, 0.25) is 0 Å². The average molecular weight is 254 g/mol. The molecule has 1 aliphatic rings. The molecule has 16 heavy (non-hydrogen) atoms. The van der Waals surface area contributed by atoms with Crippen molar-refractivity contribution in [3.8, 4) is 0 Å². The molecule has 1 aliphatic heterocycles. The summed E-state index contributed by atoms with van der Waals surface area (Å²) in [4.78, 5) is 1.29. The van der Waals surface area contributed by atoms with Gasteiger partial charge in [-0.1, -0.05) is 44.7 Å². The number of anilines is 1. The van der Waals surface area contributed by atoms with Crippen molar-refractivity contribution in [2.24, 2.45) is 10.6 Å². The molecule has 88 valence electrons. The van der Waals surface area contributed by atoms with Crippen LogP contribution in [-0.2, 0) is 0 Å². The van der Waals surface area contributed by atoms with Gasteiger partial charge in [0, 0.05) is 16.0 Å². The molecular formula is C12H18N2S2. The predicted octanol–water partition coefficient (Wildman–Crippen LogP) is 3.90. The molecule has 1 heterocycles. The number of hydrogen-bond donors (Lipinski definition) is 2. The Labute approximate surface area is 106 Å². The number of rotatable bonds is 3. The predicted molar refractivity (Wildman–Crippen MR) is 74.5 cm³/mol. The molecule has 0 radical (unpaired) electrons. The van der Waals surface area contributed by atoms with E-state index in [0.29, 0.717) is 0 Å². The molecule has 3 N–H and O–H groups in total. The van der Waals surface area contributed by atoms with Gasteiger partial charge in [0.25, 0.3) is 0 Å². The second-order valence-electron chi connectivity index (χ2n) is 4.70. The summed E-state index contributed by atoms with van der Waals surface area (Å²) in [6.07, 6.45) is 1.09. The van der Waals surface area contributed by atoms with E-state index in [2.05, 4.69) is 50.4 Å². The van der Waals surface area contributed by atoms with Gasteiger partial charge in [-0.2, -0.15) is 0 Å². The molecule has 0 fully saturated rings. The van der Waals surface area contributed by atoms with E-state index in [0.717, 1.165) is 6.42 Å². The smallest absolute Gasteiger partial charge is 0.154 e. The van der Waals surface area contributed by atoms with Crippen LogP contribution in [0, 0.1) is 5.41 Å². The molecule has 4 heteroatoms. The van der Waals surface area contributed by atoms with Crippen LogP contribution >= 0.6 is 23.7 Å². The molecule has 0 bridgehead atoms. The summed E-state index contributed by atoms with van der Waals surface area (Å²) >= 11 is 3.26. The van der Waals surface area contributed by atoms with Gasteiger partial charge < -0.3 is 5.32 Å². The number of fused-ring (bicyclic) bond motifs is 1. The third-order valence-electron chi connectivity index (χ3n) is 3.38. The van der Waals surface area contributed by atoms with Crippen molar-refractivity contribution in [2.75, 3.05) is 5.32 Å². The van der Waals surface area contributed by atoms with Gasteiger partial charge in [-0.25, -0.2) is 0 Å². The Balaban J connectivity index is 2.37. The van der Waals surface area contributed by atoms with E-state index in [9.17, 15) is 0 Å². The normalized spacial score (nSPS) is 24.0. The summed E-state index contributed by atoms with van der Waals surface area (Å²) < 4.78 is -0.147. The first-order valence-electron chi connectivity index (χ1n) is 5.49. The van der Waals surface area contributed by atoms with Gasteiger partial charge in [0.05, 0.1) is 0 Å². The van der Waals surface area contributed by atoms with Gasteiger partial charge in [0.2, 0.25) is 0 Å². The molecule has 0 spiro atoms. The van der Waals surface area contributed by atoms with Crippen LogP contribution in [0.4, 0.5) is 5.69 Å². The topological polar surface area (TPSA) is 38.0 Å². The zero-order valence-corrected chi connectivity index (χ0v) is 11.5. The third kappa shape index (κ3) is 1.73. The lowest BCUT2D eigenvalue weighted by Gasteiger charge is -2.41. The number of benzene rings is 1. The highest BCUT2D eigenvalue weighted by Gasteiger charge is 2.49. The SMILES string of the molecule is CCC(C)(C)C1(SN)Nc2ccccc2S1. The molecule has 0 saturated heterocycles. The highest BCUT2D eigenvalue weighted by Crippen LogP contribution is 2.58. The molecule has 0 saturated carbocycles. The molecule has 0 aromatic heterocycles. The second kappa shape index (κ2) is 4.17. The van der Waals surface area contributed by atoms with Crippen molar-refractivity contribution in [1.82, 2.24) is 0 Å². The standard InChI is InChI=1S/C12H18N2S2/c1-4-11(2,3)12(16-13)14-9-7-5-6-8-10(9)15-12/h5-8,14H,4,13H2,1-3H3. The Hall–Kier alpha value is -0.320. The Morgan fingerprint density at radius 3 is 2.69 bits per heavy atom. The molecular weight excluding hydrogens is 236 g/mol. The number of thioether (sulfide) groups is 1. The molecule has 1 atom stereocenters. The van der Waals surface area contributed by atoms with Crippen molar-refractivity contribution in [2.45, 2.75) is 36.3 Å². The molecule has 1 aromatic rings. The molecule has 2 nitrogen and oxygen atoms in total. The lowest BCUT2D eigenvalue weighted by Crippen LogP contribution is -2.44. The summed E-state index contributed by atoms with van der Waals surface area (Å²) in [5, 5.41) is 9.53. The zero-order chi connectivity index (χ0) is 11.8. The van der Waals surface area contributed by atoms with Gasteiger partial charge in [0.1, 0.15) is 0 Å². The number of para-hydroxylation sites is 1. The van der Waals surface area contributed by atoms with Crippen LogP contribution in [0.15, 0.2) is 29.2 Å². The van der Waals surface area contributed by atoms with Crippen LogP contribution in [0.3, 0.4) is 0 Å². The minimum absolute atomic E-state index is 0.135. The fourth-order valence-corrected chi connectivity index (χ4v) is 4.13. The quantitative estimate of drug-likeness (QED) is 0.802. The maximum Gasteiger partial charge on any atom is 0.154 e. The molecule has 2 rings (SSSR count). The molecule has 0 aliphatic carbocycles. The number of nitrogens with one attached hydrogen (secondary N) is 1. The van der Waals surface area contributed by atoms with Crippen molar-refractivity contribution < 1.29 is 0 Å². The van der Waals surface area contributed by atoms with Crippen LogP contribution in [-0.4, -0.2) is 4.20 Å². The van der Waals surface area contributed by atoms with Gasteiger partial charge in [-0.15, -0.1) is 0 Å². The Kier molecular flexibility index (Phi) is 3.16. The van der Waals surface area contributed by atoms with Crippen molar-refractivity contribution in [3.05, 3.63) is 24.3 Å². The summed E-state index contributed by atoms with van der Waals surface area (Å²) in [5.41, 5.74) is 1.34. The maximum absolute atomic E-state index is 5.94. The van der Waals surface area contributed by atoms with E-state index < -0.39 is 0 Å². The molecule has 0 amide bonds. The van der Waals surface area contributed by atoms with Crippen LogP contribution in [0.1, 0.15) is 27.2 Å². The van der Waals surface area contributed by atoms with Gasteiger partial charge in [-0.3, -0.25) is 5.14 Å². The fourth-order valence-electron chi connectivity index (χ4n) is 1.77. The first-order valence-corrected chi connectivity index (χ1v) is 7.18. The second-order valence-corrected chi connectivity index (χ2v) is 7.06. The Morgan fingerprint density at radius 2 is 2.12 bits per heavy atom. The highest BCUT2D eigenvalue weighted by atomic mass is 32.2. The lowest BCUT2D eigenvalue weighted by molar-refractivity contribution is 0.335. The van der Waals surface area contributed by atoms with E-state index in [-0.39, 0.29) is 9.62 Å². The summed E-state index contributed by atoms with van der Waals surface area (Å²) in [6, 6.07) is 8.40. The first kappa shape index (κ1) is 12.1. The Morgan fingerprint density at radius 1 is 1.44 bits per heavy atom. The number of nitrogens with two attached hydrogens (primary N) is 1. The van der Waals surface area contributed by atoms with Crippen LogP contribution < -0.4 is 10.5 Å². The van der Waals surface area contributed by atoms with E-state index in [1.54, 1.807) is 0 Å². The minimum Gasteiger partial charge on any atom is -0.360 e. The highest BCUT2D eigenvalue weighted by molar-refractivity contribution is 8.17. The Bertz CT molecular complexity index is 365. The first-order chi connectivity index (χ1) is 7.54. The van der Waals surface area contributed by atoms with Gasteiger partial charge >= 0.3 is 0 Å². The van der Waals surface area contributed by atoms with E-state index in [1.165, 1.54) is 22.5 Å². The van der Waals surface area contributed by atoms with Crippen molar-refractivity contribution in [1.29, 1.82) is 0 Å². The zero-order valence-electron chi connectivity index (χ0n) is 9.91. The van der Waals surface area contributed by atoms with Crippen molar-refractivity contribution >= 4 is 29.4 Å². The fraction of sp³-hybridized carbons (Fsp3) is 0.500. The summed E-state index contributed by atoms with van der Waals surface area (Å²) in [6.45, 7) is 6.74. The van der Waals surface area contributed by atoms with E-state index in [1.807, 2.05) is 11.8 Å². The average Bonchev–Trinajstić information content (AvgIpc) is 2.69. The van der Waals surface area contributed by atoms with Crippen LogP contribution in [0.25, 0.3) is 0 Å². The summed E-state index contributed by atoms with van der Waals surface area (Å²) in [5.74, 6) is 0. The van der Waals surface area contributed by atoms with Crippen molar-refractivity contribution in [3.63, 3.8) is 0 Å². The summed E-state index contributed by atoms with van der Waals surface area (Å²) in [7, 11) is 0. The van der Waals surface area contributed by atoms with E-state index in [4.69, 9.17) is 5.14 Å². The van der Waals surface area contributed by atoms with Gasteiger partial charge in [0.15, 0.2) is 4.20 Å². The molecule has 1 aromatic carbocycles. The minimum atomic E-state index is -0.147. The van der Waals surface area contributed by atoms with Gasteiger partial charge in [-0.05, 0) is 30.5 Å². The third-order valence-corrected chi connectivity index (χ3v) is 6.42. The largest absolute Gasteiger partial charge is 0.360 e. The van der Waals surface area contributed by atoms with Crippen LogP contribution in [0.5, 0.6) is 0 Å². The lowest BCUT2D eigenvalue weighted by atomic mass is 9.89.